The lowest BCUT2D eigenvalue weighted by atomic mass is 10.1. The van der Waals surface area contributed by atoms with Crippen LogP contribution in [-0.4, -0.2) is 20.9 Å². The van der Waals surface area contributed by atoms with Gasteiger partial charge in [-0.15, -0.1) is 0 Å². The molecular weight excluding hydrogens is 334 g/mol. The van der Waals surface area contributed by atoms with Crippen molar-refractivity contribution in [2.75, 3.05) is 6.54 Å². The number of hydrogen-bond donors (Lipinski definition) is 1. The van der Waals surface area contributed by atoms with Crippen molar-refractivity contribution in [2.45, 2.75) is 11.3 Å². The summed E-state index contributed by atoms with van der Waals surface area (Å²) < 4.78 is 24.1. The Kier molecular flexibility index (Phi) is 4.24. The molecule has 1 amide bonds. The Labute approximate surface area is 139 Å². The molecule has 6 heteroatoms. The Hall–Kier alpha value is -2.11. The summed E-state index contributed by atoms with van der Waals surface area (Å²) in [5, 5.41) is 4.43. The number of nitrogens with one attached hydrogen (secondary N) is 1. The van der Waals surface area contributed by atoms with Crippen molar-refractivity contribution >= 4 is 32.9 Å². The molecule has 4 nitrogen and oxygen atoms in total. The first-order valence-electron chi connectivity index (χ1n) is 7.07. The molecule has 1 aliphatic heterocycles. The predicted octanol–water partition coefficient (Wildman–Crippen LogP) is 2.83. The predicted molar refractivity (Wildman–Crippen MR) is 89.8 cm³/mol. The summed E-state index contributed by atoms with van der Waals surface area (Å²) >= 11 is 6.07. The maximum absolute atomic E-state index is 12.3. The number of carbonyl (C=O) groups is 1. The molecule has 0 fully saturated rings. The first kappa shape index (κ1) is 15.8. The first-order chi connectivity index (χ1) is 11.0. The zero-order valence-electron chi connectivity index (χ0n) is 12.1. The van der Waals surface area contributed by atoms with Crippen LogP contribution in [0.3, 0.4) is 0 Å². The van der Waals surface area contributed by atoms with Crippen LogP contribution in [0.1, 0.15) is 11.1 Å². The van der Waals surface area contributed by atoms with E-state index in [0.717, 1.165) is 11.0 Å². The quantitative estimate of drug-likeness (QED) is 0.925. The molecule has 0 unspecified atom stereocenters. The molecule has 1 N–H and O–H groups in total. The molecule has 118 valence electrons. The van der Waals surface area contributed by atoms with E-state index in [1.807, 2.05) is 18.2 Å². The third-order valence-electron chi connectivity index (χ3n) is 3.64. The number of benzene rings is 2. The molecule has 2 aromatic carbocycles. The second kappa shape index (κ2) is 6.18. The van der Waals surface area contributed by atoms with Crippen molar-refractivity contribution in [3.05, 3.63) is 70.1 Å². The average Bonchev–Trinajstić information content (AvgIpc) is 2.81. The molecule has 2 aromatic rings. The number of halogens is 1. The van der Waals surface area contributed by atoms with E-state index < -0.39 is 15.7 Å². The van der Waals surface area contributed by atoms with Gasteiger partial charge >= 0.3 is 0 Å². The van der Waals surface area contributed by atoms with Gasteiger partial charge in [-0.2, -0.15) is 0 Å². The Morgan fingerprint density at radius 1 is 1.04 bits per heavy atom. The fourth-order valence-electron chi connectivity index (χ4n) is 2.50. The Morgan fingerprint density at radius 2 is 1.74 bits per heavy atom. The minimum atomic E-state index is -3.53. The highest BCUT2D eigenvalue weighted by atomic mass is 35.5. The summed E-state index contributed by atoms with van der Waals surface area (Å²) in [7, 11) is -3.53. The van der Waals surface area contributed by atoms with Gasteiger partial charge in [0.2, 0.25) is 9.84 Å². The highest BCUT2D eigenvalue weighted by molar-refractivity contribution is 7.95. The summed E-state index contributed by atoms with van der Waals surface area (Å²) in [5.74, 6) is -0.398. The molecule has 23 heavy (non-hydrogen) atoms. The van der Waals surface area contributed by atoms with Gasteiger partial charge in [0.15, 0.2) is 0 Å². The first-order valence-corrected chi connectivity index (χ1v) is 8.99. The zero-order valence-corrected chi connectivity index (χ0v) is 13.7. The standard InChI is InChI=1S/C17H14ClNO3S/c18-15-7-3-1-5-12(15)9-10-19-17(20)14-11-23(21,22)16-8-4-2-6-13(14)16/h1-8,11H,9-10H2,(H,19,20). The molecule has 1 heterocycles. The van der Waals surface area contributed by atoms with E-state index in [1.165, 1.54) is 6.07 Å². The van der Waals surface area contributed by atoms with Gasteiger partial charge in [0.1, 0.15) is 0 Å². The van der Waals surface area contributed by atoms with Gasteiger partial charge in [0.05, 0.1) is 10.5 Å². The molecule has 0 bridgehead atoms. The van der Waals surface area contributed by atoms with Gasteiger partial charge < -0.3 is 5.32 Å². The second-order valence-electron chi connectivity index (χ2n) is 5.17. The monoisotopic (exact) mass is 347 g/mol. The second-order valence-corrected chi connectivity index (χ2v) is 7.34. The smallest absolute Gasteiger partial charge is 0.252 e. The van der Waals surface area contributed by atoms with Crippen molar-refractivity contribution in [1.29, 1.82) is 0 Å². The molecule has 1 aliphatic rings. The van der Waals surface area contributed by atoms with Crippen LogP contribution in [0.15, 0.2) is 58.8 Å². The molecule has 3 rings (SSSR count). The van der Waals surface area contributed by atoms with Crippen molar-refractivity contribution < 1.29 is 13.2 Å². The summed E-state index contributed by atoms with van der Waals surface area (Å²) in [6, 6.07) is 13.9. The normalized spacial score (nSPS) is 14.9. The van der Waals surface area contributed by atoms with Crippen LogP contribution in [0.25, 0.3) is 5.57 Å². The summed E-state index contributed by atoms with van der Waals surface area (Å²) in [6.45, 7) is 0.377. The minimum Gasteiger partial charge on any atom is -0.352 e. The van der Waals surface area contributed by atoms with E-state index in [-0.39, 0.29) is 10.5 Å². The van der Waals surface area contributed by atoms with E-state index in [9.17, 15) is 13.2 Å². The Morgan fingerprint density at radius 3 is 2.52 bits per heavy atom. The third-order valence-corrected chi connectivity index (χ3v) is 5.52. The van der Waals surface area contributed by atoms with Crippen molar-refractivity contribution in [3.63, 3.8) is 0 Å². The van der Waals surface area contributed by atoms with E-state index in [4.69, 9.17) is 11.6 Å². The summed E-state index contributed by atoms with van der Waals surface area (Å²) in [4.78, 5) is 12.5. The van der Waals surface area contributed by atoms with Gasteiger partial charge in [-0.3, -0.25) is 4.79 Å². The molecule has 0 atom stereocenters. The molecule has 0 saturated carbocycles. The van der Waals surface area contributed by atoms with Crippen molar-refractivity contribution in [3.8, 4) is 0 Å². The van der Waals surface area contributed by atoms with Crippen LogP contribution < -0.4 is 5.32 Å². The van der Waals surface area contributed by atoms with Gasteiger partial charge in [0.25, 0.3) is 5.91 Å². The minimum absolute atomic E-state index is 0.177. The van der Waals surface area contributed by atoms with E-state index in [1.54, 1.807) is 24.3 Å². The summed E-state index contributed by atoms with van der Waals surface area (Å²) in [5.41, 5.74) is 1.56. The molecule has 0 saturated heterocycles. The van der Waals surface area contributed by atoms with E-state index >= 15 is 0 Å². The van der Waals surface area contributed by atoms with Gasteiger partial charge in [-0.25, -0.2) is 8.42 Å². The van der Waals surface area contributed by atoms with Crippen LogP contribution in [0.5, 0.6) is 0 Å². The number of fused-ring (bicyclic) bond motifs is 1. The van der Waals surface area contributed by atoms with Crippen LogP contribution >= 0.6 is 11.6 Å². The lowest BCUT2D eigenvalue weighted by molar-refractivity contribution is -0.115. The van der Waals surface area contributed by atoms with E-state index in [0.29, 0.717) is 23.6 Å². The highest BCUT2D eigenvalue weighted by Crippen LogP contribution is 2.33. The van der Waals surface area contributed by atoms with Crippen LogP contribution in [-0.2, 0) is 21.1 Å². The number of sulfone groups is 1. The maximum atomic E-state index is 12.3. The number of amides is 1. The number of carbonyl (C=O) groups excluding carboxylic acids is 1. The topological polar surface area (TPSA) is 63.2 Å². The third kappa shape index (κ3) is 3.16. The van der Waals surface area contributed by atoms with E-state index in [2.05, 4.69) is 5.32 Å². The van der Waals surface area contributed by atoms with Crippen LogP contribution in [0.2, 0.25) is 5.02 Å². The molecule has 0 aromatic heterocycles. The molecule has 0 aliphatic carbocycles. The fraction of sp³-hybridized carbons (Fsp3) is 0.118. The molecular formula is C17H14ClNO3S. The van der Waals surface area contributed by atoms with Gasteiger partial charge in [0, 0.05) is 22.5 Å². The fourth-order valence-corrected chi connectivity index (χ4v) is 4.16. The Bertz CT molecular complexity index is 904. The van der Waals surface area contributed by atoms with Crippen molar-refractivity contribution in [1.82, 2.24) is 5.32 Å². The molecule has 0 radical (unpaired) electrons. The lowest BCUT2D eigenvalue weighted by Crippen LogP contribution is -2.26. The van der Waals surface area contributed by atoms with Crippen molar-refractivity contribution in [2.24, 2.45) is 0 Å². The zero-order chi connectivity index (χ0) is 16.4. The Balaban J connectivity index is 1.72. The highest BCUT2D eigenvalue weighted by Gasteiger charge is 2.29. The number of hydrogen-bond acceptors (Lipinski definition) is 3. The summed E-state index contributed by atoms with van der Waals surface area (Å²) in [6.07, 6.45) is 0.576. The number of rotatable bonds is 4. The molecule has 0 spiro atoms. The SMILES string of the molecule is O=C(NCCc1ccccc1Cl)C1=CS(=O)(=O)c2ccccc21. The van der Waals surface area contributed by atoms with Gasteiger partial charge in [-0.05, 0) is 24.1 Å². The van der Waals surface area contributed by atoms with Crippen LogP contribution in [0, 0.1) is 0 Å². The maximum Gasteiger partial charge on any atom is 0.252 e. The van der Waals surface area contributed by atoms with Crippen LogP contribution in [0.4, 0.5) is 0 Å². The average molecular weight is 348 g/mol. The lowest BCUT2D eigenvalue weighted by Gasteiger charge is -2.08. The van der Waals surface area contributed by atoms with Gasteiger partial charge in [-0.1, -0.05) is 48.0 Å². The largest absolute Gasteiger partial charge is 0.352 e.